The van der Waals surface area contributed by atoms with Crippen molar-refractivity contribution in [2.75, 3.05) is 6.54 Å². The Labute approximate surface area is 149 Å². The first-order valence-corrected chi connectivity index (χ1v) is 9.63. The number of amides is 1. The van der Waals surface area contributed by atoms with Crippen molar-refractivity contribution in [3.05, 3.63) is 42.7 Å². The number of carbonyl (C=O) groups excluding carboxylic acids is 1. The molecule has 1 atom stereocenters. The van der Waals surface area contributed by atoms with Gasteiger partial charge in [-0.1, -0.05) is 49.0 Å². The van der Waals surface area contributed by atoms with Gasteiger partial charge in [0.05, 0.1) is 5.25 Å². The summed E-state index contributed by atoms with van der Waals surface area (Å²) >= 11 is 3.13. The maximum Gasteiger partial charge on any atom is 0.233 e. The summed E-state index contributed by atoms with van der Waals surface area (Å²) in [6.07, 6.45) is 2.51. The van der Waals surface area contributed by atoms with Crippen LogP contribution < -0.4 is 5.32 Å². The number of thiophene rings is 1. The van der Waals surface area contributed by atoms with Gasteiger partial charge < -0.3 is 5.32 Å². The largest absolute Gasteiger partial charge is 0.355 e. The fourth-order valence-corrected chi connectivity index (χ4v) is 4.27. The number of hydrogen-bond acceptors (Lipinski definition) is 5. The number of aromatic nitrogens is 2. The number of nitrogens with zero attached hydrogens (tertiary/aromatic N) is 2. The van der Waals surface area contributed by atoms with Crippen molar-refractivity contribution in [1.82, 2.24) is 15.3 Å². The van der Waals surface area contributed by atoms with Gasteiger partial charge in [0.25, 0.3) is 0 Å². The first-order chi connectivity index (χ1) is 11.7. The van der Waals surface area contributed by atoms with E-state index in [4.69, 9.17) is 0 Å². The predicted molar refractivity (Wildman–Crippen MR) is 101 cm³/mol. The molecule has 2 heterocycles. The summed E-state index contributed by atoms with van der Waals surface area (Å²) in [7, 11) is 0. The third kappa shape index (κ3) is 3.76. The second-order valence-electron chi connectivity index (χ2n) is 5.43. The lowest BCUT2D eigenvalue weighted by atomic mass is 10.2. The normalized spacial score (nSPS) is 12.2. The molecular formula is C18H19N3OS2. The Morgan fingerprint density at radius 2 is 2.08 bits per heavy atom. The van der Waals surface area contributed by atoms with Crippen molar-refractivity contribution in [3.8, 4) is 10.4 Å². The molecule has 0 bridgehead atoms. The molecule has 0 aliphatic rings. The van der Waals surface area contributed by atoms with Crippen LogP contribution in [0.1, 0.15) is 20.3 Å². The standard InChI is InChI=1S/C18H19N3OS2/c1-3-9-19-16(22)12(2)23-17-14-10-15(13-7-5-4-6-8-13)24-18(14)21-11-20-17/h4-8,10-12H,3,9H2,1-2H3,(H,19,22)/t12-/m1/s1. The average Bonchev–Trinajstić information content (AvgIpc) is 3.05. The second-order valence-corrected chi connectivity index (χ2v) is 7.79. The quantitative estimate of drug-likeness (QED) is 0.526. The topological polar surface area (TPSA) is 54.9 Å². The van der Waals surface area contributed by atoms with Crippen LogP contribution in [-0.2, 0) is 4.79 Å². The van der Waals surface area contributed by atoms with Crippen LogP contribution in [0.25, 0.3) is 20.7 Å². The monoisotopic (exact) mass is 357 g/mol. The molecule has 1 N–H and O–H groups in total. The molecule has 0 saturated carbocycles. The first kappa shape index (κ1) is 16.9. The lowest BCUT2D eigenvalue weighted by Crippen LogP contribution is -2.31. The van der Waals surface area contributed by atoms with Crippen LogP contribution in [0, 0.1) is 0 Å². The average molecular weight is 358 g/mol. The van der Waals surface area contributed by atoms with E-state index in [1.54, 1.807) is 17.7 Å². The second kappa shape index (κ2) is 7.77. The highest BCUT2D eigenvalue weighted by Crippen LogP contribution is 2.37. The van der Waals surface area contributed by atoms with Crippen molar-refractivity contribution in [2.24, 2.45) is 0 Å². The molecule has 0 spiro atoms. The van der Waals surface area contributed by atoms with Gasteiger partial charge in [0.15, 0.2) is 0 Å². The number of carbonyl (C=O) groups is 1. The minimum absolute atomic E-state index is 0.0483. The van der Waals surface area contributed by atoms with Gasteiger partial charge in [-0.2, -0.15) is 0 Å². The van der Waals surface area contributed by atoms with Crippen LogP contribution in [0.15, 0.2) is 47.8 Å². The molecule has 124 valence electrons. The summed E-state index contributed by atoms with van der Waals surface area (Å²) in [6.45, 7) is 4.66. The molecule has 1 amide bonds. The van der Waals surface area contributed by atoms with Gasteiger partial charge in [0.1, 0.15) is 16.2 Å². The zero-order valence-electron chi connectivity index (χ0n) is 13.7. The predicted octanol–water partition coefficient (Wildman–Crippen LogP) is 4.37. The molecule has 1 aromatic carbocycles. The lowest BCUT2D eigenvalue weighted by Gasteiger charge is -2.11. The van der Waals surface area contributed by atoms with Crippen molar-refractivity contribution >= 4 is 39.2 Å². The molecule has 2 aromatic heterocycles. The van der Waals surface area contributed by atoms with Crippen molar-refractivity contribution in [3.63, 3.8) is 0 Å². The minimum Gasteiger partial charge on any atom is -0.355 e. The SMILES string of the molecule is CCCNC(=O)[C@@H](C)Sc1ncnc2sc(-c3ccccc3)cc12. The molecule has 4 nitrogen and oxygen atoms in total. The molecule has 0 unspecified atom stereocenters. The van der Waals surface area contributed by atoms with Gasteiger partial charge >= 0.3 is 0 Å². The zero-order chi connectivity index (χ0) is 16.9. The molecule has 0 fully saturated rings. The van der Waals surface area contributed by atoms with E-state index in [9.17, 15) is 4.79 Å². The van der Waals surface area contributed by atoms with E-state index < -0.39 is 0 Å². The zero-order valence-corrected chi connectivity index (χ0v) is 15.3. The van der Waals surface area contributed by atoms with E-state index in [0.29, 0.717) is 6.54 Å². The Bertz CT molecular complexity index is 833. The van der Waals surface area contributed by atoms with Gasteiger partial charge in [-0.25, -0.2) is 9.97 Å². The smallest absolute Gasteiger partial charge is 0.233 e. The van der Waals surface area contributed by atoms with Crippen LogP contribution in [0.5, 0.6) is 0 Å². The Hall–Kier alpha value is -1.92. The lowest BCUT2D eigenvalue weighted by molar-refractivity contribution is -0.120. The van der Waals surface area contributed by atoms with Gasteiger partial charge in [-0.15, -0.1) is 11.3 Å². The highest BCUT2D eigenvalue weighted by Gasteiger charge is 2.17. The van der Waals surface area contributed by atoms with Crippen LogP contribution in [0.2, 0.25) is 0 Å². The number of benzene rings is 1. The van der Waals surface area contributed by atoms with E-state index in [2.05, 4.69) is 33.5 Å². The minimum atomic E-state index is -0.185. The molecular weight excluding hydrogens is 338 g/mol. The summed E-state index contributed by atoms with van der Waals surface area (Å²) in [4.78, 5) is 23.0. The van der Waals surface area contributed by atoms with E-state index in [0.717, 1.165) is 26.5 Å². The molecule has 3 aromatic rings. The van der Waals surface area contributed by atoms with Crippen LogP contribution in [0.3, 0.4) is 0 Å². The van der Waals surface area contributed by atoms with E-state index >= 15 is 0 Å². The Kier molecular flexibility index (Phi) is 5.48. The molecule has 0 aliphatic carbocycles. The third-order valence-corrected chi connectivity index (χ3v) is 5.77. The summed E-state index contributed by atoms with van der Waals surface area (Å²) in [6, 6.07) is 12.4. The van der Waals surface area contributed by atoms with Gasteiger partial charge in [0.2, 0.25) is 5.91 Å². The van der Waals surface area contributed by atoms with Crippen LogP contribution in [-0.4, -0.2) is 27.7 Å². The van der Waals surface area contributed by atoms with Gasteiger partial charge in [-0.05, 0) is 25.0 Å². The Balaban J connectivity index is 1.86. The highest BCUT2D eigenvalue weighted by atomic mass is 32.2. The van der Waals surface area contributed by atoms with Crippen molar-refractivity contribution in [1.29, 1.82) is 0 Å². The van der Waals surface area contributed by atoms with Crippen molar-refractivity contribution < 1.29 is 4.79 Å². The molecule has 3 rings (SSSR count). The molecule has 6 heteroatoms. The summed E-state index contributed by atoms with van der Waals surface area (Å²) < 4.78 is 0. The maximum absolute atomic E-state index is 12.1. The van der Waals surface area contributed by atoms with Crippen LogP contribution >= 0.6 is 23.1 Å². The highest BCUT2D eigenvalue weighted by molar-refractivity contribution is 8.00. The van der Waals surface area contributed by atoms with Crippen molar-refractivity contribution in [2.45, 2.75) is 30.5 Å². The van der Waals surface area contributed by atoms with Gasteiger partial charge in [0, 0.05) is 16.8 Å². The fourth-order valence-electron chi connectivity index (χ4n) is 2.29. The Morgan fingerprint density at radius 3 is 2.83 bits per heavy atom. The van der Waals surface area contributed by atoms with Gasteiger partial charge in [-0.3, -0.25) is 4.79 Å². The molecule has 0 saturated heterocycles. The maximum atomic E-state index is 12.1. The number of rotatable bonds is 6. The van der Waals surface area contributed by atoms with E-state index in [1.807, 2.05) is 32.0 Å². The number of thioether (sulfide) groups is 1. The molecule has 24 heavy (non-hydrogen) atoms. The fraction of sp³-hybridized carbons (Fsp3) is 0.278. The molecule has 0 radical (unpaired) electrons. The van der Waals surface area contributed by atoms with E-state index in [1.165, 1.54) is 17.3 Å². The summed E-state index contributed by atoms with van der Waals surface area (Å²) in [5.41, 5.74) is 1.17. The number of nitrogens with one attached hydrogen (secondary N) is 1. The summed E-state index contributed by atoms with van der Waals surface area (Å²) in [5.74, 6) is 0.0483. The molecule has 0 aliphatic heterocycles. The third-order valence-electron chi connectivity index (χ3n) is 3.56. The number of hydrogen-bond donors (Lipinski definition) is 1. The first-order valence-electron chi connectivity index (χ1n) is 7.93. The number of fused-ring (bicyclic) bond motifs is 1. The summed E-state index contributed by atoms with van der Waals surface area (Å²) in [5, 5.41) is 4.62. The van der Waals surface area contributed by atoms with Crippen LogP contribution in [0.4, 0.5) is 0 Å². The Morgan fingerprint density at radius 1 is 1.29 bits per heavy atom. The van der Waals surface area contributed by atoms with E-state index in [-0.39, 0.29) is 11.2 Å².